The van der Waals surface area contributed by atoms with E-state index in [-0.39, 0.29) is 11.1 Å². The van der Waals surface area contributed by atoms with Crippen LogP contribution in [0.15, 0.2) is 52.3 Å². The molecule has 1 aromatic carbocycles. The molecule has 3 heterocycles. The number of non-ortho nitro benzene ring substituents is 1. The van der Waals surface area contributed by atoms with Crippen LogP contribution in [-0.4, -0.2) is 43.6 Å². The van der Waals surface area contributed by atoms with Gasteiger partial charge in [0, 0.05) is 31.4 Å². The Kier molecular flexibility index (Phi) is 5.22. The van der Waals surface area contributed by atoms with Crippen LogP contribution >= 0.6 is 0 Å². The van der Waals surface area contributed by atoms with Gasteiger partial charge in [0.1, 0.15) is 0 Å². The molecular formula is C20H21N5O4. The summed E-state index contributed by atoms with van der Waals surface area (Å²) in [5, 5.41) is 11.3. The molecule has 0 atom stereocenters. The first-order chi connectivity index (χ1) is 14.1. The van der Waals surface area contributed by atoms with Crippen molar-refractivity contribution in [3.05, 3.63) is 73.7 Å². The molecule has 0 radical (unpaired) electrons. The highest BCUT2D eigenvalue weighted by Crippen LogP contribution is 2.18. The minimum Gasteiger partial charge on any atom is -0.302 e. The Labute approximate surface area is 166 Å². The Hall–Kier alpha value is -3.33. The normalized spacial score (nSPS) is 14.9. The minimum atomic E-state index is -0.587. The summed E-state index contributed by atoms with van der Waals surface area (Å²) in [6.45, 7) is 3.05. The van der Waals surface area contributed by atoms with Crippen molar-refractivity contribution in [3.63, 3.8) is 0 Å². The number of benzene rings is 1. The van der Waals surface area contributed by atoms with Crippen molar-refractivity contribution in [2.75, 3.05) is 19.6 Å². The van der Waals surface area contributed by atoms with Crippen LogP contribution in [-0.2, 0) is 6.54 Å². The Morgan fingerprint density at radius 1 is 1.07 bits per heavy atom. The van der Waals surface area contributed by atoms with Crippen molar-refractivity contribution in [1.82, 2.24) is 19.0 Å². The molecule has 0 unspecified atom stereocenters. The molecule has 9 heteroatoms. The maximum Gasteiger partial charge on any atom is 0.336 e. The van der Waals surface area contributed by atoms with Gasteiger partial charge >= 0.3 is 5.69 Å². The second-order valence-corrected chi connectivity index (χ2v) is 7.15. The van der Waals surface area contributed by atoms with Crippen LogP contribution in [0.4, 0.5) is 5.69 Å². The fourth-order valence-electron chi connectivity index (χ4n) is 3.83. The van der Waals surface area contributed by atoms with E-state index in [0.29, 0.717) is 24.3 Å². The predicted molar refractivity (Wildman–Crippen MR) is 109 cm³/mol. The number of nitro groups is 1. The van der Waals surface area contributed by atoms with Gasteiger partial charge in [0.2, 0.25) is 0 Å². The number of pyridine rings is 1. The van der Waals surface area contributed by atoms with Crippen molar-refractivity contribution in [3.8, 4) is 5.69 Å². The molecule has 0 bridgehead atoms. The topological polar surface area (TPSA) is 103 Å². The second-order valence-electron chi connectivity index (χ2n) is 7.15. The molecule has 0 saturated carbocycles. The summed E-state index contributed by atoms with van der Waals surface area (Å²) in [5.74, 6) is 0. The van der Waals surface area contributed by atoms with Gasteiger partial charge in [0.05, 0.1) is 27.7 Å². The van der Waals surface area contributed by atoms with Crippen molar-refractivity contribution >= 4 is 16.6 Å². The summed E-state index contributed by atoms with van der Waals surface area (Å²) in [6.07, 6.45) is 6.47. The second kappa shape index (κ2) is 7.96. The van der Waals surface area contributed by atoms with E-state index in [4.69, 9.17) is 0 Å². The highest BCUT2D eigenvalue weighted by molar-refractivity contribution is 5.81. The number of hydrogen-bond donors (Lipinski definition) is 0. The molecule has 1 saturated heterocycles. The van der Waals surface area contributed by atoms with Gasteiger partial charge in [0.15, 0.2) is 0 Å². The SMILES string of the molecule is O=c1c2cc([N+](=O)[O-])ccc2n(CCN2CCCCC2)c(=O)n1-c1cccnc1. The van der Waals surface area contributed by atoms with E-state index in [2.05, 4.69) is 9.88 Å². The van der Waals surface area contributed by atoms with Gasteiger partial charge in [-0.25, -0.2) is 9.36 Å². The lowest BCUT2D eigenvalue weighted by Crippen LogP contribution is -2.41. The van der Waals surface area contributed by atoms with E-state index >= 15 is 0 Å². The minimum absolute atomic E-state index is 0.140. The molecule has 3 aromatic rings. The molecule has 1 aliphatic rings. The first-order valence-electron chi connectivity index (χ1n) is 9.63. The summed E-state index contributed by atoms with van der Waals surface area (Å²) in [7, 11) is 0. The van der Waals surface area contributed by atoms with E-state index in [9.17, 15) is 19.7 Å². The lowest BCUT2D eigenvalue weighted by atomic mass is 10.1. The molecule has 29 heavy (non-hydrogen) atoms. The van der Waals surface area contributed by atoms with Crippen molar-refractivity contribution < 1.29 is 4.92 Å². The summed E-state index contributed by atoms with van der Waals surface area (Å²) in [6, 6.07) is 7.30. The van der Waals surface area contributed by atoms with Gasteiger partial charge in [-0.05, 0) is 44.1 Å². The maximum atomic E-state index is 13.2. The van der Waals surface area contributed by atoms with Crippen LogP contribution < -0.4 is 11.2 Å². The van der Waals surface area contributed by atoms with E-state index in [1.165, 1.54) is 35.4 Å². The molecule has 0 N–H and O–H groups in total. The third-order valence-electron chi connectivity index (χ3n) is 5.33. The number of aromatic nitrogens is 3. The van der Waals surface area contributed by atoms with Gasteiger partial charge in [-0.2, -0.15) is 0 Å². The van der Waals surface area contributed by atoms with Crippen LogP contribution in [0.1, 0.15) is 19.3 Å². The van der Waals surface area contributed by atoms with Crippen molar-refractivity contribution in [2.24, 2.45) is 0 Å². The third-order valence-corrected chi connectivity index (χ3v) is 5.33. The van der Waals surface area contributed by atoms with Crippen LogP contribution in [0.5, 0.6) is 0 Å². The summed E-state index contributed by atoms with van der Waals surface area (Å²) >= 11 is 0. The van der Waals surface area contributed by atoms with Crippen LogP contribution in [0.3, 0.4) is 0 Å². The number of rotatable bonds is 5. The van der Waals surface area contributed by atoms with Crippen LogP contribution in [0, 0.1) is 10.1 Å². The standard InChI is InChI=1S/C20H21N5O4/c26-19-17-13-15(25(28)29)6-7-18(17)23(12-11-22-9-2-1-3-10-22)20(27)24(19)16-5-4-8-21-14-16/h4-8,13-14H,1-3,9-12H2. The Balaban J connectivity index is 1.89. The monoisotopic (exact) mass is 395 g/mol. The molecule has 4 rings (SSSR count). The van der Waals surface area contributed by atoms with Gasteiger partial charge in [-0.1, -0.05) is 6.42 Å². The van der Waals surface area contributed by atoms with Gasteiger partial charge in [0.25, 0.3) is 11.2 Å². The molecule has 9 nitrogen and oxygen atoms in total. The quantitative estimate of drug-likeness (QED) is 0.483. The molecule has 1 aliphatic heterocycles. The number of nitro benzene ring substituents is 1. The zero-order chi connectivity index (χ0) is 20.4. The van der Waals surface area contributed by atoms with E-state index < -0.39 is 16.2 Å². The number of likely N-dealkylation sites (tertiary alicyclic amines) is 1. The Morgan fingerprint density at radius 2 is 1.86 bits per heavy atom. The fourth-order valence-corrected chi connectivity index (χ4v) is 3.83. The zero-order valence-corrected chi connectivity index (χ0v) is 15.9. The van der Waals surface area contributed by atoms with Gasteiger partial charge in [-0.15, -0.1) is 0 Å². The smallest absolute Gasteiger partial charge is 0.302 e. The highest BCUT2D eigenvalue weighted by atomic mass is 16.6. The zero-order valence-electron chi connectivity index (χ0n) is 15.9. The molecule has 2 aromatic heterocycles. The average Bonchev–Trinajstić information content (AvgIpc) is 2.75. The molecule has 0 amide bonds. The third kappa shape index (κ3) is 3.68. The number of piperidine rings is 1. The number of fused-ring (bicyclic) bond motifs is 1. The average molecular weight is 395 g/mol. The lowest BCUT2D eigenvalue weighted by Gasteiger charge is -2.27. The summed E-state index contributed by atoms with van der Waals surface area (Å²) in [4.78, 5) is 43.3. The molecule has 150 valence electrons. The Bertz CT molecular complexity index is 1160. The number of nitrogens with zero attached hydrogens (tertiary/aromatic N) is 5. The number of hydrogen-bond acceptors (Lipinski definition) is 6. The van der Waals surface area contributed by atoms with E-state index in [1.807, 2.05) is 0 Å². The van der Waals surface area contributed by atoms with Crippen molar-refractivity contribution in [2.45, 2.75) is 25.8 Å². The van der Waals surface area contributed by atoms with Gasteiger partial charge < -0.3 is 4.90 Å². The van der Waals surface area contributed by atoms with Gasteiger partial charge in [-0.3, -0.25) is 24.5 Å². The predicted octanol–water partition coefficient (Wildman–Crippen LogP) is 1.94. The van der Waals surface area contributed by atoms with Crippen molar-refractivity contribution in [1.29, 1.82) is 0 Å². The summed E-state index contributed by atoms with van der Waals surface area (Å²) in [5.41, 5.74) is -0.503. The highest BCUT2D eigenvalue weighted by Gasteiger charge is 2.18. The lowest BCUT2D eigenvalue weighted by molar-refractivity contribution is -0.384. The van der Waals surface area contributed by atoms with E-state index in [0.717, 1.165) is 30.5 Å². The molecule has 1 fully saturated rings. The van der Waals surface area contributed by atoms with Crippen LogP contribution in [0.2, 0.25) is 0 Å². The molecular weight excluding hydrogens is 374 g/mol. The molecule has 0 aliphatic carbocycles. The maximum absolute atomic E-state index is 13.2. The first-order valence-corrected chi connectivity index (χ1v) is 9.63. The fraction of sp³-hybridized carbons (Fsp3) is 0.350. The first kappa shape index (κ1) is 19.0. The van der Waals surface area contributed by atoms with E-state index in [1.54, 1.807) is 18.3 Å². The molecule has 0 spiro atoms. The largest absolute Gasteiger partial charge is 0.336 e. The van der Waals surface area contributed by atoms with Crippen LogP contribution in [0.25, 0.3) is 16.6 Å². The summed E-state index contributed by atoms with van der Waals surface area (Å²) < 4.78 is 2.57. The Morgan fingerprint density at radius 3 is 2.55 bits per heavy atom.